The number of hydrogen-bond acceptors (Lipinski definition) is 5. The molecule has 0 bridgehead atoms. The molecule has 1 saturated heterocycles. The highest BCUT2D eigenvalue weighted by Gasteiger charge is 2.23. The Kier molecular flexibility index (Phi) is 5.19. The van der Waals surface area contributed by atoms with E-state index >= 15 is 0 Å². The average molecular weight is 373 g/mol. The molecule has 1 aliphatic rings. The zero-order valence-electron chi connectivity index (χ0n) is 15.9. The summed E-state index contributed by atoms with van der Waals surface area (Å²) in [5.41, 5.74) is 2.64. The number of nitrogens with zero attached hydrogens (tertiary/aromatic N) is 5. The highest BCUT2D eigenvalue weighted by molar-refractivity contribution is 5.93. The van der Waals surface area contributed by atoms with Gasteiger partial charge >= 0.3 is 0 Å². The predicted molar refractivity (Wildman–Crippen MR) is 111 cm³/mol. The van der Waals surface area contributed by atoms with Crippen molar-refractivity contribution in [2.45, 2.75) is 0 Å². The monoisotopic (exact) mass is 373 g/mol. The normalized spacial score (nSPS) is 14.0. The fourth-order valence-corrected chi connectivity index (χ4v) is 3.40. The average Bonchev–Trinajstić information content (AvgIpc) is 2.79. The number of para-hydroxylation sites is 2. The van der Waals surface area contributed by atoms with Gasteiger partial charge in [-0.1, -0.05) is 36.4 Å². The molecule has 2 heterocycles. The van der Waals surface area contributed by atoms with Crippen LogP contribution in [0.15, 0.2) is 73.1 Å². The van der Waals surface area contributed by atoms with Crippen LogP contribution in [0.1, 0.15) is 10.5 Å². The van der Waals surface area contributed by atoms with Crippen molar-refractivity contribution in [3.05, 3.63) is 78.8 Å². The van der Waals surface area contributed by atoms with Crippen LogP contribution in [-0.2, 0) is 0 Å². The maximum Gasteiger partial charge on any atom is 0.272 e. The molecule has 6 heteroatoms. The number of aromatic nitrogens is 2. The van der Waals surface area contributed by atoms with E-state index in [9.17, 15) is 4.79 Å². The Morgan fingerprint density at radius 1 is 0.893 bits per heavy atom. The largest absolute Gasteiger partial charge is 0.368 e. The predicted octanol–water partition coefficient (Wildman–Crippen LogP) is 3.21. The van der Waals surface area contributed by atoms with E-state index in [-0.39, 0.29) is 5.91 Å². The molecule has 1 amide bonds. The van der Waals surface area contributed by atoms with Gasteiger partial charge in [0.1, 0.15) is 17.8 Å². The highest BCUT2D eigenvalue weighted by atomic mass is 16.2. The molecule has 4 rings (SSSR count). The third kappa shape index (κ3) is 3.81. The van der Waals surface area contributed by atoms with Gasteiger partial charge in [0.25, 0.3) is 5.91 Å². The molecule has 1 aromatic heterocycles. The van der Waals surface area contributed by atoms with Crippen LogP contribution in [0.25, 0.3) is 0 Å². The molecule has 1 fully saturated rings. The Labute approximate surface area is 165 Å². The first-order valence-corrected chi connectivity index (χ1v) is 9.42. The molecule has 6 nitrogen and oxygen atoms in total. The molecule has 0 unspecified atom stereocenters. The van der Waals surface area contributed by atoms with E-state index in [0.717, 1.165) is 18.8 Å². The minimum absolute atomic E-state index is 0.0437. The Balaban J connectivity index is 1.44. The number of rotatable bonds is 4. The number of hydrogen-bond donors (Lipinski definition) is 0. The fourth-order valence-electron chi connectivity index (χ4n) is 3.40. The van der Waals surface area contributed by atoms with Crippen LogP contribution in [0.4, 0.5) is 17.2 Å². The van der Waals surface area contributed by atoms with Crippen LogP contribution in [0.5, 0.6) is 0 Å². The lowest BCUT2D eigenvalue weighted by atomic mass is 10.2. The van der Waals surface area contributed by atoms with Gasteiger partial charge in [0.15, 0.2) is 0 Å². The van der Waals surface area contributed by atoms with Gasteiger partial charge < -0.3 is 14.7 Å². The van der Waals surface area contributed by atoms with Crippen LogP contribution in [0.3, 0.4) is 0 Å². The van der Waals surface area contributed by atoms with Crippen LogP contribution in [0.2, 0.25) is 0 Å². The second kappa shape index (κ2) is 8.08. The summed E-state index contributed by atoms with van der Waals surface area (Å²) < 4.78 is 0. The minimum atomic E-state index is -0.0437. The summed E-state index contributed by atoms with van der Waals surface area (Å²) in [7, 11) is 1.94. The second-order valence-corrected chi connectivity index (χ2v) is 6.77. The van der Waals surface area contributed by atoms with Crippen molar-refractivity contribution in [1.82, 2.24) is 14.9 Å². The molecule has 2 aromatic carbocycles. The zero-order valence-corrected chi connectivity index (χ0v) is 15.9. The molecular weight excluding hydrogens is 350 g/mol. The van der Waals surface area contributed by atoms with Crippen LogP contribution in [-0.4, -0.2) is 54.0 Å². The summed E-state index contributed by atoms with van der Waals surface area (Å²) in [5.74, 6) is 0.658. The van der Waals surface area contributed by atoms with E-state index < -0.39 is 0 Å². The Morgan fingerprint density at radius 2 is 1.54 bits per heavy atom. The smallest absolute Gasteiger partial charge is 0.272 e. The molecule has 0 aliphatic carbocycles. The molecule has 1 aliphatic heterocycles. The van der Waals surface area contributed by atoms with Crippen LogP contribution < -0.4 is 9.80 Å². The van der Waals surface area contributed by atoms with Gasteiger partial charge in [0.05, 0.1) is 0 Å². The zero-order chi connectivity index (χ0) is 19.3. The van der Waals surface area contributed by atoms with Crippen molar-refractivity contribution in [3.8, 4) is 0 Å². The SMILES string of the molecule is CN(c1ccccc1)c1cc(C(=O)N2CCN(c3ccccc3)CC2)ncn1. The first kappa shape index (κ1) is 18.0. The lowest BCUT2D eigenvalue weighted by molar-refractivity contribution is 0.0740. The van der Waals surface area contributed by atoms with Crippen molar-refractivity contribution in [3.63, 3.8) is 0 Å². The summed E-state index contributed by atoms with van der Waals surface area (Å²) in [5, 5.41) is 0. The topological polar surface area (TPSA) is 52.6 Å². The molecule has 3 aromatic rings. The molecule has 0 spiro atoms. The third-order valence-electron chi connectivity index (χ3n) is 5.05. The van der Waals surface area contributed by atoms with Crippen LogP contribution >= 0.6 is 0 Å². The number of amides is 1. The highest BCUT2D eigenvalue weighted by Crippen LogP contribution is 2.22. The van der Waals surface area contributed by atoms with Crippen molar-refractivity contribution in [2.75, 3.05) is 43.0 Å². The summed E-state index contributed by atoms with van der Waals surface area (Å²) in [6, 6.07) is 22.0. The van der Waals surface area contributed by atoms with Gasteiger partial charge in [-0.3, -0.25) is 4.79 Å². The first-order valence-electron chi connectivity index (χ1n) is 9.42. The van der Waals surface area contributed by atoms with Crippen molar-refractivity contribution < 1.29 is 4.79 Å². The van der Waals surface area contributed by atoms with Crippen molar-refractivity contribution in [1.29, 1.82) is 0 Å². The number of piperazine rings is 1. The van der Waals surface area contributed by atoms with E-state index in [1.54, 1.807) is 6.07 Å². The molecular formula is C22H23N5O. The van der Waals surface area contributed by atoms with Crippen molar-refractivity contribution in [2.24, 2.45) is 0 Å². The van der Waals surface area contributed by atoms with Gasteiger partial charge in [-0.15, -0.1) is 0 Å². The Hall–Kier alpha value is -3.41. The van der Waals surface area contributed by atoms with E-state index in [4.69, 9.17) is 0 Å². The molecule has 0 radical (unpaired) electrons. The summed E-state index contributed by atoms with van der Waals surface area (Å²) in [6.07, 6.45) is 1.46. The Morgan fingerprint density at radius 3 is 2.21 bits per heavy atom. The second-order valence-electron chi connectivity index (χ2n) is 6.77. The molecule has 0 atom stereocenters. The third-order valence-corrected chi connectivity index (χ3v) is 5.05. The van der Waals surface area contributed by atoms with Gasteiger partial charge in [-0.05, 0) is 24.3 Å². The van der Waals surface area contributed by atoms with Crippen molar-refractivity contribution >= 4 is 23.1 Å². The summed E-state index contributed by atoms with van der Waals surface area (Å²) in [6.45, 7) is 3.00. The van der Waals surface area contributed by atoms with E-state index in [2.05, 4.69) is 27.0 Å². The first-order chi connectivity index (χ1) is 13.7. The van der Waals surface area contributed by atoms with Crippen LogP contribution in [0, 0.1) is 0 Å². The quantitative estimate of drug-likeness (QED) is 0.703. The molecule has 142 valence electrons. The van der Waals surface area contributed by atoms with Gasteiger partial charge in [-0.2, -0.15) is 0 Å². The van der Waals surface area contributed by atoms with E-state index in [0.29, 0.717) is 24.6 Å². The summed E-state index contributed by atoms with van der Waals surface area (Å²) in [4.78, 5) is 27.6. The van der Waals surface area contributed by atoms with Gasteiger partial charge in [0, 0.05) is 50.7 Å². The number of carbonyl (C=O) groups excluding carboxylic acids is 1. The minimum Gasteiger partial charge on any atom is -0.368 e. The number of carbonyl (C=O) groups is 1. The van der Waals surface area contributed by atoms with E-state index in [1.165, 1.54) is 12.0 Å². The lowest BCUT2D eigenvalue weighted by Crippen LogP contribution is -2.49. The van der Waals surface area contributed by atoms with Gasteiger partial charge in [0.2, 0.25) is 0 Å². The standard InChI is InChI=1S/C22H23N5O/c1-25(18-8-4-2-5-9-18)21-16-20(23-17-24-21)22(28)27-14-12-26(13-15-27)19-10-6-3-7-11-19/h2-11,16-17H,12-15H2,1H3. The molecule has 0 saturated carbocycles. The molecule has 0 N–H and O–H groups in total. The maximum absolute atomic E-state index is 13.0. The lowest BCUT2D eigenvalue weighted by Gasteiger charge is -2.36. The molecule has 28 heavy (non-hydrogen) atoms. The van der Waals surface area contributed by atoms with E-state index in [1.807, 2.05) is 65.4 Å². The number of benzene rings is 2. The van der Waals surface area contributed by atoms with Gasteiger partial charge in [-0.25, -0.2) is 9.97 Å². The summed E-state index contributed by atoms with van der Waals surface area (Å²) >= 11 is 0. The number of anilines is 3. The Bertz CT molecular complexity index is 924. The maximum atomic E-state index is 13.0. The fraction of sp³-hybridized carbons (Fsp3) is 0.227.